The van der Waals surface area contributed by atoms with Crippen LogP contribution in [0.15, 0.2) is 24.5 Å². The third kappa shape index (κ3) is 1.96. The van der Waals surface area contributed by atoms with Crippen LogP contribution in [0.3, 0.4) is 0 Å². The Balaban J connectivity index is 1.50. The minimum atomic E-state index is 0.0607. The molecule has 1 aromatic rings. The number of pyridine rings is 1. The fraction of sp³-hybridized carbons (Fsp3) is 0.625. The molecule has 5 rings (SSSR count). The smallest absolute Gasteiger partial charge is 0.253 e. The lowest BCUT2D eigenvalue weighted by Crippen LogP contribution is -2.55. The van der Waals surface area contributed by atoms with Crippen LogP contribution < -0.4 is 5.32 Å². The molecule has 1 aromatic heterocycles. The molecule has 4 aliphatic rings. The summed E-state index contributed by atoms with van der Waals surface area (Å²) in [5.74, 6) is 3.43. The van der Waals surface area contributed by atoms with Gasteiger partial charge in [0, 0.05) is 18.4 Å². The highest BCUT2D eigenvalue weighted by Gasteiger charge is 2.48. The molecule has 4 saturated carbocycles. The van der Waals surface area contributed by atoms with Gasteiger partial charge in [0.2, 0.25) is 0 Å². The molecule has 19 heavy (non-hydrogen) atoms. The maximum atomic E-state index is 12.3. The predicted octanol–water partition coefficient (Wildman–Crippen LogP) is 2.64. The van der Waals surface area contributed by atoms with Crippen LogP contribution in [0.5, 0.6) is 0 Å². The summed E-state index contributed by atoms with van der Waals surface area (Å²) in [6, 6.07) is 4.09. The molecule has 4 bridgehead atoms. The van der Waals surface area contributed by atoms with E-state index in [1.54, 1.807) is 12.4 Å². The second-order valence-corrected chi connectivity index (χ2v) is 6.67. The van der Waals surface area contributed by atoms with Gasteiger partial charge in [-0.3, -0.25) is 9.78 Å². The molecule has 4 aliphatic carbocycles. The summed E-state index contributed by atoms with van der Waals surface area (Å²) in [6.07, 6.45) is 10.2. The molecule has 3 heteroatoms. The minimum absolute atomic E-state index is 0.0607. The number of amides is 1. The molecule has 100 valence electrons. The van der Waals surface area contributed by atoms with Gasteiger partial charge in [0.1, 0.15) is 0 Å². The van der Waals surface area contributed by atoms with E-state index in [-0.39, 0.29) is 5.91 Å². The van der Waals surface area contributed by atoms with Gasteiger partial charge in [-0.1, -0.05) is 0 Å². The molecule has 0 saturated heterocycles. The van der Waals surface area contributed by atoms with E-state index < -0.39 is 0 Å². The fourth-order valence-corrected chi connectivity index (χ4v) is 4.89. The largest absolute Gasteiger partial charge is 0.349 e. The lowest BCUT2D eigenvalue weighted by molar-refractivity contribution is -0.0119. The van der Waals surface area contributed by atoms with Gasteiger partial charge in [-0.15, -0.1) is 0 Å². The lowest BCUT2D eigenvalue weighted by atomic mass is 9.54. The number of hydrogen-bond donors (Lipinski definition) is 1. The zero-order valence-corrected chi connectivity index (χ0v) is 11.1. The SMILES string of the molecule is O=C(NC1C2CC3CC(C2)CC1C3)c1cccnc1. The molecule has 1 N–H and O–H groups in total. The van der Waals surface area contributed by atoms with Gasteiger partial charge >= 0.3 is 0 Å². The van der Waals surface area contributed by atoms with Gasteiger partial charge in [0.05, 0.1) is 5.56 Å². The summed E-state index contributed by atoms with van der Waals surface area (Å²) in [7, 11) is 0. The summed E-state index contributed by atoms with van der Waals surface area (Å²) >= 11 is 0. The molecule has 1 heterocycles. The molecule has 3 nitrogen and oxygen atoms in total. The Bertz CT molecular complexity index is 457. The maximum Gasteiger partial charge on any atom is 0.253 e. The predicted molar refractivity (Wildman–Crippen MR) is 72.5 cm³/mol. The highest BCUT2D eigenvalue weighted by Crippen LogP contribution is 2.53. The third-order valence-corrected chi connectivity index (χ3v) is 5.45. The molecule has 0 radical (unpaired) electrons. The standard InChI is InChI=1S/C16H20N2O/c19-16(12-2-1-3-17-9-12)18-15-13-5-10-4-11(7-13)8-14(15)6-10/h1-3,9-11,13-15H,4-8H2,(H,18,19). The first-order chi connectivity index (χ1) is 9.29. The Morgan fingerprint density at radius 1 is 1.11 bits per heavy atom. The Hall–Kier alpha value is -1.38. The van der Waals surface area contributed by atoms with Crippen LogP contribution in [0.4, 0.5) is 0 Å². The van der Waals surface area contributed by atoms with E-state index in [1.807, 2.05) is 12.1 Å². The van der Waals surface area contributed by atoms with Gasteiger partial charge < -0.3 is 5.32 Å². The van der Waals surface area contributed by atoms with E-state index in [2.05, 4.69) is 10.3 Å². The van der Waals surface area contributed by atoms with Gasteiger partial charge in [-0.25, -0.2) is 0 Å². The molecule has 0 unspecified atom stereocenters. The lowest BCUT2D eigenvalue weighted by Gasteiger charge is -2.54. The average molecular weight is 256 g/mol. The van der Waals surface area contributed by atoms with Crippen LogP contribution in [0.25, 0.3) is 0 Å². The molecule has 0 atom stereocenters. The van der Waals surface area contributed by atoms with Crippen molar-refractivity contribution in [2.45, 2.75) is 38.1 Å². The normalized spacial score (nSPS) is 39.3. The van der Waals surface area contributed by atoms with E-state index in [9.17, 15) is 4.79 Å². The first kappa shape index (κ1) is 11.4. The van der Waals surface area contributed by atoms with Crippen LogP contribution in [0, 0.1) is 23.7 Å². The molecule has 0 spiro atoms. The van der Waals surface area contributed by atoms with E-state index in [0.29, 0.717) is 11.6 Å². The molecule has 0 aliphatic heterocycles. The Morgan fingerprint density at radius 2 is 1.79 bits per heavy atom. The topological polar surface area (TPSA) is 42.0 Å². The average Bonchev–Trinajstić information content (AvgIpc) is 2.43. The molecule has 0 aromatic carbocycles. The van der Waals surface area contributed by atoms with Crippen molar-refractivity contribution in [3.8, 4) is 0 Å². The van der Waals surface area contributed by atoms with Crippen LogP contribution in [-0.2, 0) is 0 Å². The zero-order valence-electron chi connectivity index (χ0n) is 11.1. The Morgan fingerprint density at radius 3 is 2.37 bits per heavy atom. The summed E-state index contributed by atoms with van der Waals surface area (Å²) in [5.41, 5.74) is 0.691. The number of nitrogens with zero attached hydrogens (tertiary/aromatic N) is 1. The summed E-state index contributed by atoms with van der Waals surface area (Å²) in [5, 5.41) is 3.30. The zero-order chi connectivity index (χ0) is 12.8. The quantitative estimate of drug-likeness (QED) is 0.884. The highest BCUT2D eigenvalue weighted by molar-refractivity contribution is 5.94. The van der Waals surface area contributed by atoms with Crippen molar-refractivity contribution in [1.82, 2.24) is 10.3 Å². The van der Waals surface area contributed by atoms with Crippen LogP contribution in [-0.4, -0.2) is 16.9 Å². The second-order valence-electron chi connectivity index (χ2n) is 6.67. The first-order valence-electron chi connectivity index (χ1n) is 7.50. The van der Waals surface area contributed by atoms with Crippen molar-refractivity contribution in [3.63, 3.8) is 0 Å². The van der Waals surface area contributed by atoms with Gasteiger partial charge in [-0.05, 0) is 67.9 Å². The number of nitrogens with one attached hydrogen (secondary N) is 1. The van der Waals surface area contributed by atoms with Crippen LogP contribution >= 0.6 is 0 Å². The summed E-state index contributed by atoms with van der Waals surface area (Å²) in [4.78, 5) is 16.3. The second kappa shape index (κ2) is 4.32. The summed E-state index contributed by atoms with van der Waals surface area (Å²) < 4.78 is 0. The van der Waals surface area contributed by atoms with Gasteiger partial charge in [0.25, 0.3) is 5.91 Å². The van der Waals surface area contributed by atoms with Crippen molar-refractivity contribution in [2.24, 2.45) is 23.7 Å². The highest BCUT2D eigenvalue weighted by atomic mass is 16.1. The Kier molecular flexibility index (Phi) is 2.61. The maximum absolute atomic E-state index is 12.3. The van der Waals surface area contributed by atoms with Crippen molar-refractivity contribution in [1.29, 1.82) is 0 Å². The number of aromatic nitrogens is 1. The van der Waals surface area contributed by atoms with Crippen molar-refractivity contribution in [3.05, 3.63) is 30.1 Å². The molecule has 4 fully saturated rings. The minimum Gasteiger partial charge on any atom is -0.349 e. The fourth-order valence-electron chi connectivity index (χ4n) is 4.89. The van der Waals surface area contributed by atoms with Gasteiger partial charge in [0.15, 0.2) is 0 Å². The van der Waals surface area contributed by atoms with E-state index in [1.165, 1.54) is 32.1 Å². The number of carbonyl (C=O) groups excluding carboxylic acids is 1. The van der Waals surface area contributed by atoms with Crippen LogP contribution in [0.1, 0.15) is 42.5 Å². The van der Waals surface area contributed by atoms with Gasteiger partial charge in [-0.2, -0.15) is 0 Å². The van der Waals surface area contributed by atoms with E-state index >= 15 is 0 Å². The van der Waals surface area contributed by atoms with Crippen molar-refractivity contribution in [2.75, 3.05) is 0 Å². The number of hydrogen-bond acceptors (Lipinski definition) is 2. The number of carbonyl (C=O) groups is 1. The molecule has 1 amide bonds. The van der Waals surface area contributed by atoms with E-state index in [4.69, 9.17) is 0 Å². The summed E-state index contributed by atoms with van der Waals surface area (Å²) in [6.45, 7) is 0. The van der Waals surface area contributed by atoms with Crippen molar-refractivity contribution >= 4 is 5.91 Å². The number of rotatable bonds is 2. The van der Waals surface area contributed by atoms with E-state index in [0.717, 1.165) is 23.7 Å². The first-order valence-corrected chi connectivity index (χ1v) is 7.50. The Labute approximate surface area is 113 Å². The molecular weight excluding hydrogens is 236 g/mol. The van der Waals surface area contributed by atoms with Crippen molar-refractivity contribution < 1.29 is 4.79 Å². The van der Waals surface area contributed by atoms with Crippen LogP contribution in [0.2, 0.25) is 0 Å². The third-order valence-electron chi connectivity index (χ3n) is 5.45. The monoisotopic (exact) mass is 256 g/mol. The molecular formula is C16H20N2O.